The van der Waals surface area contributed by atoms with Gasteiger partial charge in [-0.3, -0.25) is 9.59 Å². The van der Waals surface area contributed by atoms with Gasteiger partial charge in [0, 0.05) is 18.1 Å². The highest BCUT2D eigenvalue weighted by Crippen LogP contribution is 2.29. The minimum Gasteiger partial charge on any atom is -0.481 e. The molecule has 1 aromatic rings. The Labute approximate surface area is 138 Å². The first-order valence-electron chi connectivity index (χ1n) is 6.93. The van der Waals surface area contributed by atoms with E-state index in [2.05, 4.69) is 0 Å². The summed E-state index contributed by atoms with van der Waals surface area (Å²) < 4.78 is 5.58. The molecule has 1 N–H and O–H groups in total. The zero-order valence-electron chi connectivity index (χ0n) is 12.3. The summed E-state index contributed by atoms with van der Waals surface area (Å²) in [6, 6.07) is 4.76. The minimum absolute atomic E-state index is 0.0761. The largest absolute Gasteiger partial charge is 0.481 e. The van der Waals surface area contributed by atoms with Crippen LogP contribution in [0.1, 0.15) is 13.8 Å². The second-order valence-electron chi connectivity index (χ2n) is 5.50. The first kappa shape index (κ1) is 16.9. The number of rotatable bonds is 4. The molecule has 1 aliphatic rings. The molecule has 2 rings (SSSR count). The van der Waals surface area contributed by atoms with Crippen LogP contribution in [0.25, 0.3) is 0 Å². The number of carbonyl (C=O) groups is 2. The third kappa shape index (κ3) is 3.65. The van der Waals surface area contributed by atoms with Crippen LogP contribution in [-0.4, -0.2) is 41.1 Å². The molecule has 120 valence electrons. The molecule has 1 aromatic carbocycles. The second-order valence-corrected chi connectivity index (χ2v) is 6.34. The summed E-state index contributed by atoms with van der Waals surface area (Å²) in [5, 5.41) is 9.93. The van der Waals surface area contributed by atoms with Gasteiger partial charge in [-0.2, -0.15) is 0 Å². The summed E-state index contributed by atoms with van der Waals surface area (Å²) in [7, 11) is 0. The van der Waals surface area contributed by atoms with Gasteiger partial charge in [-0.1, -0.05) is 30.1 Å². The Hall–Kier alpha value is -1.46. The summed E-state index contributed by atoms with van der Waals surface area (Å²) in [5.74, 6) is -1.37. The summed E-state index contributed by atoms with van der Waals surface area (Å²) in [6.07, 6.45) is -0.751. The maximum atomic E-state index is 12.4. The lowest BCUT2D eigenvalue weighted by Crippen LogP contribution is -2.39. The van der Waals surface area contributed by atoms with Crippen molar-refractivity contribution in [2.75, 3.05) is 13.1 Å². The summed E-state index contributed by atoms with van der Waals surface area (Å²) >= 11 is 11.8. The van der Waals surface area contributed by atoms with Crippen molar-refractivity contribution in [1.29, 1.82) is 0 Å². The standard InChI is InChI=1S/C15H17Cl2NO4/c1-8-6-18(7-11(8)15(20)21)14(19)9(2)22-13-4-3-10(16)5-12(13)17/h3-5,8-9,11H,6-7H2,1-2H3,(H,20,21)/t8-,9?,11-/m1/s1. The normalized spacial score (nSPS) is 22.5. The molecule has 0 spiro atoms. The summed E-state index contributed by atoms with van der Waals surface area (Å²) in [4.78, 5) is 25.0. The fraction of sp³-hybridized carbons (Fsp3) is 0.467. The second kappa shape index (κ2) is 6.75. The first-order valence-corrected chi connectivity index (χ1v) is 7.68. The molecule has 0 bridgehead atoms. The Kier molecular flexibility index (Phi) is 5.19. The van der Waals surface area contributed by atoms with Gasteiger partial charge in [0.25, 0.3) is 5.91 Å². The molecule has 1 fully saturated rings. The molecule has 0 radical (unpaired) electrons. The van der Waals surface area contributed by atoms with Gasteiger partial charge in [-0.05, 0) is 31.0 Å². The van der Waals surface area contributed by atoms with Crippen molar-refractivity contribution in [2.24, 2.45) is 11.8 Å². The Morgan fingerprint density at radius 3 is 2.59 bits per heavy atom. The van der Waals surface area contributed by atoms with Crippen LogP contribution in [0.5, 0.6) is 5.75 Å². The molecule has 1 aliphatic heterocycles. The fourth-order valence-corrected chi connectivity index (χ4v) is 2.99. The summed E-state index contributed by atoms with van der Waals surface area (Å²) in [6.45, 7) is 4.06. The number of carboxylic acid groups (broad SMARTS) is 1. The van der Waals surface area contributed by atoms with Crippen LogP contribution >= 0.6 is 23.2 Å². The van der Waals surface area contributed by atoms with Crippen LogP contribution in [0.3, 0.4) is 0 Å². The van der Waals surface area contributed by atoms with Crippen LogP contribution in [0, 0.1) is 11.8 Å². The third-order valence-corrected chi connectivity index (χ3v) is 4.32. The Bertz CT molecular complexity index is 593. The average Bonchev–Trinajstić information content (AvgIpc) is 2.83. The highest BCUT2D eigenvalue weighted by molar-refractivity contribution is 6.35. The maximum Gasteiger partial charge on any atom is 0.308 e. The Balaban J connectivity index is 2.02. The molecule has 5 nitrogen and oxygen atoms in total. The Morgan fingerprint density at radius 1 is 1.36 bits per heavy atom. The Morgan fingerprint density at radius 2 is 2.05 bits per heavy atom. The number of halogens is 2. The van der Waals surface area contributed by atoms with Gasteiger partial charge in [0.2, 0.25) is 0 Å². The molecule has 1 saturated heterocycles. The van der Waals surface area contributed by atoms with Crippen LogP contribution in [0.4, 0.5) is 0 Å². The van der Waals surface area contributed by atoms with Crippen molar-refractivity contribution in [3.63, 3.8) is 0 Å². The number of ether oxygens (including phenoxy) is 1. The van der Waals surface area contributed by atoms with Crippen molar-refractivity contribution in [2.45, 2.75) is 20.0 Å². The number of nitrogens with zero attached hydrogens (tertiary/aromatic N) is 1. The number of carbonyl (C=O) groups excluding carboxylic acids is 1. The molecule has 0 aromatic heterocycles. The van der Waals surface area contributed by atoms with Crippen molar-refractivity contribution in [3.05, 3.63) is 28.2 Å². The molecule has 1 heterocycles. The topological polar surface area (TPSA) is 66.8 Å². The number of hydrogen-bond acceptors (Lipinski definition) is 3. The highest BCUT2D eigenvalue weighted by atomic mass is 35.5. The highest BCUT2D eigenvalue weighted by Gasteiger charge is 2.38. The van der Waals surface area contributed by atoms with Crippen molar-refractivity contribution < 1.29 is 19.4 Å². The van der Waals surface area contributed by atoms with Crippen LogP contribution in [0.15, 0.2) is 18.2 Å². The van der Waals surface area contributed by atoms with Crippen molar-refractivity contribution in [3.8, 4) is 5.75 Å². The van der Waals surface area contributed by atoms with Crippen molar-refractivity contribution >= 4 is 35.1 Å². The van der Waals surface area contributed by atoms with E-state index in [1.807, 2.05) is 6.92 Å². The van der Waals surface area contributed by atoms with Gasteiger partial charge >= 0.3 is 5.97 Å². The lowest BCUT2D eigenvalue weighted by molar-refractivity contribution is -0.142. The molecule has 1 amide bonds. The smallest absolute Gasteiger partial charge is 0.308 e. The van der Waals surface area contributed by atoms with Crippen LogP contribution in [-0.2, 0) is 9.59 Å². The monoisotopic (exact) mass is 345 g/mol. The molecule has 0 saturated carbocycles. The quantitative estimate of drug-likeness (QED) is 0.910. The van der Waals surface area contributed by atoms with E-state index in [0.29, 0.717) is 22.3 Å². The molecular weight excluding hydrogens is 329 g/mol. The van der Waals surface area contributed by atoms with E-state index in [4.69, 9.17) is 33.0 Å². The van der Waals surface area contributed by atoms with E-state index >= 15 is 0 Å². The molecule has 0 aliphatic carbocycles. The molecule has 3 atom stereocenters. The lowest BCUT2D eigenvalue weighted by Gasteiger charge is -2.22. The van der Waals surface area contributed by atoms with Gasteiger partial charge in [-0.15, -0.1) is 0 Å². The zero-order valence-corrected chi connectivity index (χ0v) is 13.8. The number of carboxylic acids is 1. The van der Waals surface area contributed by atoms with Gasteiger partial charge in [0.15, 0.2) is 6.10 Å². The third-order valence-electron chi connectivity index (χ3n) is 3.79. The molecule has 1 unspecified atom stereocenters. The molecular formula is C15H17Cl2NO4. The van der Waals surface area contributed by atoms with Gasteiger partial charge in [0.05, 0.1) is 10.9 Å². The lowest BCUT2D eigenvalue weighted by atomic mass is 9.99. The van der Waals surface area contributed by atoms with E-state index in [0.717, 1.165) is 0 Å². The van der Waals surface area contributed by atoms with E-state index in [-0.39, 0.29) is 18.4 Å². The van der Waals surface area contributed by atoms with Gasteiger partial charge in [-0.25, -0.2) is 0 Å². The first-order chi connectivity index (χ1) is 10.3. The maximum absolute atomic E-state index is 12.4. The summed E-state index contributed by atoms with van der Waals surface area (Å²) in [5.41, 5.74) is 0. The number of aliphatic carboxylic acids is 1. The van der Waals surface area contributed by atoms with Gasteiger partial charge in [0.1, 0.15) is 5.75 Å². The number of benzene rings is 1. The van der Waals surface area contributed by atoms with Gasteiger partial charge < -0.3 is 14.7 Å². The number of likely N-dealkylation sites (tertiary alicyclic amines) is 1. The minimum atomic E-state index is -0.878. The van der Waals surface area contributed by atoms with Crippen LogP contribution in [0.2, 0.25) is 10.0 Å². The predicted molar refractivity (Wildman–Crippen MR) is 83.4 cm³/mol. The average molecular weight is 346 g/mol. The molecule has 22 heavy (non-hydrogen) atoms. The van der Waals surface area contributed by atoms with Crippen LogP contribution < -0.4 is 4.74 Å². The van der Waals surface area contributed by atoms with E-state index < -0.39 is 18.0 Å². The SMILES string of the molecule is CC(Oc1ccc(Cl)cc1Cl)C(=O)N1C[C@@H](C)[C@H](C(=O)O)C1. The van der Waals surface area contributed by atoms with E-state index in [1.54, 1.807) is 19.1 Å². The van der Waals surface area contributed by atoms with Crippen molar-refractivity contribution in [1.82, 2.24) is 4.90 Å². The molecule has 7 heteroatoms. The number of amides is 1. The predicted octanol–water partition coefficient (Wildman–Crippen LogP) is 2.94. The number of hydrogen-bond donors (Lipinski definition) is 1. The fourth-order valence-electron chi connectivity index (χ4n) is 2.54. The van der Waals surface area contributed by atoms with E-state index in [1.165, 1.54) is 11.0 Å². The van der Waals surface area contributed by atoms with E-state index in [9.17, 15) is 9.59 Å². The zero-order chi connectivity index (χ0) is 16.4.